The number of amides is 3. The smallest absolute Gasteiger partial charge is 0.348 e. The number of unbranched alkanes of at least 4 members (excludes halogenated alkanes) is 5. The Balaban J connectivity index is 0.714. The standard InChI is InChI=1S/C48H56FN13O5S/c1-32-47(62(66)67)68-48(53-32)56-46(65)37-18-17-36(29-39(37)54-33(2)63)50-21-7-5-3-4-6-8-22-51-45(64)31-58-24-26-59(27-25-58)43-16-10-14-38(55-43)41-30-52-42-19-20-44(57-61(41)42)60-23-11-15-40(60)34-12-9-13-35(49)28-34/h9-10,12-14,16-20,28-30,40,50H,3-8,11,15,21-27,31H2,1-2H3,(H,51,64)(H,54,63)(H,53,56,65)/t40-/m1/s1. The van der Waals surface area contributed by atoms with E-state index in [0.29, 0.717) is 25.3 Å². The van der Waals surface area contributed by atoms with Crippen molar-refractivity contribution >= 4 is 67.8 Å². The molecule has 2 aromatic carbocycles. The number of halogens is 1. The van der Waals surface area contributed by atoms with E-state index in [2.05, 4.69) is 45.9 Å². The fourth-order valence-electron chi connectivity index (χ4n) is 8.77. The van der Waals surface area contributed by atoms with Crippen LogP contribution < -0.4 is 31.1 Å². The fourth-order valence-corrected chi connectivity index (χ4v) is 9.54. The van der Waals surface area contributed by atoms with E-state index >= 15 is 0 Å². The third kappa shape index (κ3) is 11.9. The number of aromatic nitrogens is 5. The number of nitro groups is 1. The van der Waals surface area contributed by atoms with E-state index < -0.39 is 10.8 Å². The maximum atomic E-state index is 14.1. The first-order valence-corrected chi connectivity index (χ1v) is 24.0. The van der Waals surface area contributed by atoms with Crippen molar-refractivity contribution in [2.75, 3.05) is 78.1 Å². The van der Waals surface area contributed by atoms with E-state index in [1.165, 1.54) is 19.9 Å². The molecule has 68 heavy (non-hydrogen) atoms. The predicted octanol–water partition coefficient (Wildman–Crippen LogP) is 7.85. The zero-order chi connectivity index (χ0) is 47.6. The van der Waals surface area contributed by atoms with Crippen LogP contribution in [0.3, 0.4) is 0 Å². The van der Waals surface area contributed by atoms with E-state index in [1.54, 1.807) is 36.5 Å². The van der Waals surface area contributed by atoms with Crippen LogP contribution >= 0.6 is 11.3 Å². The monoisotopic (exact) mass is 945 g/mol. The van der Waals surface area contributed by atoms with Crippen molar-refractivity contribution in [3.8, 4) is 11.4 Å². The van der Waals surface area contributed by atoms with E-state index in [0.717, 1.165) is 135 Å². The largest absolute Gasteiger partial charge is 0.385 e. The highest BCUT2D eigenvalue weighted by Crippen LogP contribution is 2.36. The summed E-state index contributed by atoms with van der Waals surface area (Å²) in [5.41, 5.74) is 4.73. The number of imidazole rings is 1. The molecule has 356 valence electrons. The maximum Gasteiger partial charge on any atom is 0.348 e. The molecule has 0 bridgehead atoms. The number of benzene rings is 2. The lowest BCUT2D eigenvalue weighted by Gasteiger charge is -2.35. The van der Waals surface area contributed by atoms with Crippen molar-refractivity contribution in [2.24, 2.45) is 0 Å². The van der Waals surface area contributed by atoms with Gasteiger partial charge in [0.25, 0.3) is 5.91 Å². The van der Waals surface area contributed by atoms with Gasteiger partial charge < -0.3 is 25.8 Å². The number of hydrogen-bond acceptors (Lipinski definition) is 14. The first kappa shape index (κ1) is 47.4. The Labute approximate surface area is 397 Å². The molecule has 18 nitrogen and oxygen atoms in total. The van der Waals surface area contributed by atoms with Crippen LogP contribution in [-0.4, -0.2) is 104 Å². The molecule has 0 spiro atoms. The van der Waals surface area contributed by atoms with E-state index in [-0.39, 0.29) is 45.1 Å². The minimum Gasteiger partial charge on any atom is -0.385 e. The lowest BCUT2D eigenvalue weighted by Crippen LogP contribution is -2.49. The Kier molecular flexibility index (Phi) is 15.5. The number of hydrogen-bond donors (Lipinski definition) is 4. The summed E-state index contributed by atoms with van der Waals surface area (Å²) in [6.45, 7) is 8.42. The number of anilines is 5. The fraction of sp³-hybridized carbons (Fsp3) is 0.396. The summed E-state index contributed by atoms with van der Waals surface area (Å²) in [4.78, 5) is 68.8. The first-order chi connectivity index (χ1) is 33.0. The molecule has 6 heterocycles. The highest BCUT2D eigenvalue weighted by Gasteiger charge is 2.29. The first-order valence-electron chi connectivity index (χ1n) is 23.2. The minimum absolute atomic E-state index is 0.0384. The third-order valence-electron chi connectivity index (χ3n) is 12.2. The topological polar surface area (TPSA) is 208 Å². The number of fused-ring (bicyclic) bond motifs is 1. The van der Waals surface area contributed by atoms with Crippen LogP contribution in [0.1, 0.15) is 85.9 Å². The molecule has 20 heteroatoms. The number of pyridine rings is 1. The molecule has 0 saturated carbocycles. The van der Waals surface area contributed by atoms with E-state index in [9.17, 15) is 28.9 Å². The molecule has 2 aliphatic rings. The van der Waals surface area contributed by atoms with Gasteiger partial charge in [0.1, 0.15) is 28.8 Å². The number of thiazole rings is 1. The molecule has 6 aromatic rings. The second-order valence-electron chi connectivity index (χ2n) is 17.1. The molecule has 4 N–H and O–H groups in total. The quantitative estimate of drug-likeness (QED) is 0.0327. The second kappa shape index (κ2) is 22.2. The van der Waals surface area contributed by atoms with Crippen LogP contribution in [0.15, 0.2) is 79.0 Å². The number of piperazine rings is 1. The Morgan fingerprint density at radius 3 is 2.41 bits per heavy atom. The van der Waals surface area contributed by atoms with Crippen molar-refractivity contribution in [1.29, 1.82) is 0 Å². The Bertz CT molecular complexity index is 2760. The summed E-state index contributed by atoms with van der Waals surface area (Å²) in [6, 6.07) is 21.9. The van der Waals surface area contributed by atoms with Crippen LogP contribution in [0, 0.1) is 22.9 Å². The molecule has 1 atom stereocenters. The number of rotatable bonds is 20. The molecule has 0 radical (unpaired) electrons. The van der Waals surface area contributed by atoms with Crippen molar-refractivity contribution in [1.82, 2.24) is 34.8 Å². The summed E-state index contributed by atoms with van der Waals surface area (Å²) in [5.74, 6) is 0.612. The van der Waals surface area contributed by atoms with Crippen molar-refractivity contribution in [3.63, 3.8) is 0 Å². The second-order valence-corrected chi connectivity index (χ2v) is 18.1. The van der Waals surface area contributed by atoms with E-state index in [4.69, 9.17) is 10.1 Å². The zero-order valence-corrected chi connectivity index (χ0v) is 39.1. The molecule has 2 aliphatic heterocycles. The molecule has 2 saturated heterocycles. The normalized spacial score (nSPS) is 15.1. The van der Waals surface area contributed by atoms with Gasteiger partial charge in [-0.15, -0.1) is 5.10 Å². The van der Waals surface area contributed by atoms with Crippen LogP contribution in [0.5, 0.6) is 0 Å². The molecule has 3 amide bonds. The summed E-state index contributed by atoms with van der Waals surface area (Å²) in [6.07, 6.45) is 9.78. The number of nitrogens with zero attached hydrogens (tertiary/aromatic N) is 9. The summed E-state index contributed by atoms with van der Waals surface area (Å²) in [7, 11) is 0. The summed E-state index contributed by atoms with van der Waals surface area (Å²) in [5, 5.41) is 27.9. The molecule has 2 fully saturated rings. The Morgan fingerprint density at radius 2 is 1.65 bits per heavy atom. The molecular formula is C48H56FN13O5S. The third-order valence-corrected chi connectivity index (χ3v) is 13.2. The average Bonchev–Trinajstić information content (AvgIpc) is 4.08. The van der Waals surface area contributed by atoms with Crippen LogP contribution in [-0.2, 0) is 9.59 Å². The lowest BCUT2D eigenvalue weighted by atomic mass is 10.0. The number of carbonyl (C=O) groups is 3. The van der Waals surface area contributed by atoms with Gasteiger partial charge in [-0.25, -0.2) is 23.9 Å². The van der Waals surface area contributed by atoms with Crippen LogP contribution in [0.2, 0.25) is 0 Å². The van der Waals surface area contributed by atoms with Gasteiger partial charge in [-0.2, -0.15) is 0 Å². The number of nitrogens with one attached hydrogen (secondary N) is 4. The van der Waals surface area contributed by atoms with Gasteiger partial charge in [-0.1, -0.05) is 43.9 Å². The van der Waals surface area contributed by atoms with Gasteiger partial charge >= 0.3 is 5.00 Å². The van der Waals surface area contributed by atoms with Gasteiger partial charge in [-0.3, -0.25) is 34.7 Å². The Morgan fingerprint density at radius 1 is 0.868 bits per heavy atom. The molecule has 0 unspecified atom stereocenters. The van der Waals surface area contributed by atoms with Crippen molar-refractivity contribution in [2.45, 2.75) is 71.3 Å². The predicted molar refractivity (Wildman–Crippen MR) is 262 cm³/mol. The molecule has 4 aromatic heterocycles. The highest BCUT2D eigenvalue weighted by molar-refractivity contribution is 7.19. The highest BCUT2D eigenvalue weighted by atomic mass is 32.1. The minimum atomic E-state index is -0.540. The van der Waals surface area contributed by atoms with Crippen LogP contribution in [0.25, 0.3) is 17.0 Å². The van der Waals surface area contributed by atoms with Crippen LogP contribution in [0.4, 0.5) is 37.5 Å². The number of aryl methyl sites for hydroxylation is 1. The average molecular weight is 946 g/mol. The van der Waals surface area contributed by atoms with E-state index in [1.807, 2.05) is 40.9 Å². The molecule has 8 rings (SSSR count). The molecular weight excluding hydrogens is 890 g/mol. The lowest BCUT2D eigenvalue weighted by molar-refractivity contribution is -0.380. The van der Waals surface area contributed by atoms with Crippen molar-refractivity contribution < 1.29 is 23.7 Å². The summed E-state index contributed by atoms with van der Waals surface area (Å²) >= 11 is 0.774. The van der Waals surface area contributed by atoms with Crippen molar-refractivity contribution in [3.05, 3.63) is 112 Å². The zero-order valence-electron chi connectivity index (χ0n) is 38.2. The van der Waals surface area contributed by atoms with Gasteiger partial charge in [0.2, 0.25) is 11.8 Å². The Hall–Kier alpha value is -7.06. The van der Waals surface area contributed by atoms with Gasteiger partial charge in [0.05, 0.1) is 40.7 Å². The SMILES string of the molecule is CC(=O)Nc1cc(NCCCCCCCCNC(=O)CN2CCN(c3cccc(-c4cnc5ccc(N6CCC[C@@H]6c6cccc(F)c6)nn45)n3)CC2)ccc1C(=O)Nc1nc(C)c([N+](=O)[O-])s1. The van der Waals surface area contributed by atoms with Gasteiger partial charge in [-0.05, 0) is 104 Å². The maximum absolute atomic E-state index is 14.1. The number of carbonyl (C=O) groups excluding carboxylic acids is 3. The van der Waals surface area contributed by atoms with Gasteiger partial charge in [0.15, 0.2) is 10.8 Å². The molecule has 0 aliphatic carbocycles. The summed E-state index contributed by atoms with van der Waals surface area (Å²) < 4.78 is 16.0. The van der Waals surface area contributed by atoms with Gasteiger partial charge in [0, 0.05) is 58.4 Å².